The standard InChI is InChI=1S/C13H12ClNO4/c14-10-3-1-2-9-8(7-16)6-15(13(9)10)11(17)4-5-12(18)19/h1-3,6,16H,4-5,7H2,(H,18,19). The number of carboxylic acid groups (broad SMARTS) is 1. The molecule has 0 unspecified atom stereocenters. The topological polar surface area (TPSA) is 79.5 Å². The second-order valence-electron chi connectivity index (χ2n) is 4.11. The highest BCUT2D eigenvalue weighted by Crippen LogP contribution is 2.28. The number of halogens is 1. The summed E-state index contributed by atoms with van der Waals surface area (Å²) in [5.74, 6) is -1.39. The number of para-hydroxylation sites is 1. The van der Waals surface area contributed by atoms with Gasteiger partial charge in [0.2, 0.25) is 5.91 Å². The molecular weight excluding hydrogens is 270 g/mol. The zero-order valence-corrected chi connectivity index (χ0v) is 10.7. The van der Waals surface area contributed by atoms with Gasteiger partial charge in [0, 0.05) is 23.6 Å². The molecule has 1 aromatic heterocycles. The molecule has 0 bridgehead atoms. The summed E-state index contributed by atoms with van der Waals surface area (Å²) in [7, 11) is 0. The minimum atomic E-state index is -1.03. The smallest absolute Gasteiger partial charge is 0.303 e. The Hall–Kier alpha value is -1.85. The van der Waals surface area contributed by atoms with Gasteiger partial charge in [0.15, 0.2) is 0 Å². The number of hydrogen-bond donors (Lipinski definition) is 2. The number of carbonyl (C=O) groups excluding carboxylic acids is 1. The molecule has 0 saturated carbocycles. The number of carboxylic acids is 1. The maximum atomic E-state index is 12.0. The van der Waals surface area contributed by atoms with Gasteiger partial charge in [-0.3, -0.25) is 14.2 Å². The zero-order valence-electron chi connectivity index (χ0n) is 9.97. The number of aromatic nitrogens is 1. The number of carbonyl (C=O) groups is 2. The molecule has 0 fully saturated rings. The van der Waals surface area contributed by atoms with Crippen LogP contribution in [0.15, 0.2) is 24.4 Å². The lowest BCUT2D eigenvalue weighted by molar-refractivity contribution is -0.136. The fourth-order valence-corrected chi connectivity index (χ4v) is 2.23. The van der Waals surface area contributed by atoms with E-state index >= 15 is 0 Å². The molecule has 0 atom stereocenters. The van der Waals surface area contributed by atoms with Crippen molar-refractivity contribution in [1.29, 1.82) is 0 Å². The average molecular weight is 282 g/mol. The highest BCUT2D eigenvalue weighted by atomic mass is 35.5. The van der Waals surface area contributed by atoms with Crippen molar-refractivity contribution in [3.8, 4) is 0 Å². The van der Waals surface area contributed by atoms with Gasteiger partial charge in [0.25, 0.3) is 0 Å². The molecule has 2 rings (SSSR count). The predicted molar refractivity (Wildman–Crippen MR) is 70.4 cm³/mol. The van der Waals surface area contributed by atoms with E-state index in [-0.39, 0.29) is 25.4 Å². The largest absolute Gasteiger partial charge is 0.481 e. The summed E-state index contributed by atoms with van der Waals surface area (Å²) in [6.07, 6.45) is 1.15. The molecule has 1 heterocycles. The van der Waals surface area contributed by atoms with E-state index in [0.29, 0.717) is 21.5 Å². The molecule has 1 aromatic carbocycles. The Bertz CT molecular complexity index is 647. The van der Waals surface area contributed by atoms with Crippen molar-refractivity contribution < 1.29 is 19.8 Å². The van der Waals surface area contributed by atoms with E-state index in [1.807, 2.05) is 0 Å². The number of aliphatic hydroxyl groups excluding tert-OH is 1. The van der Waals surface area contributed by atoms with E-state index in [9.17, 15) is 14.7 Å². The molecule has 2 N–H and O–H groups in total. The van der Waals surface area contributed by atoms with Gasteiger partial charge < -0.3 is 10.2 Å². The van der Waals surface area contributed by atoms with Gasteiger partial charge in [-0.25, -0.2) is 0 Å². The summed E-state index contributed by atoms with van der Waals surface area (Å²) in [6, 6.07) is 5.13. The summed E-state index contributed by atoms with van der Waals surface area (Å²) < 4.78 is 1.31. The Morgan fingerprint density at radius 3 is 2.63 bits per heavy atom. The van der Waals surface area contributed by atoms with Crippen molar-refractivity contribution in [2.75, 3.05) is 0 Å². The van der Waals surface area contributed by atoms with E-state index in [1.165, 1.54) is 10.8 Å². The van der Waals surface area contributed by atoms with E-state index < -0.39 is 5.97 Å². The third-order valence-corrected chi connectivity index (χ3v) is 3.16. The molecular formula is C13H12ClNO4. The first kappa shape index (κ1) is 13.6. The predicted octanol–water partition coefficient (Wildman–Crippen LogP) is 2.29. The Morgan fingerprint density at radius 2 is 2.00 bits per heavy atom. The van der Waals surface area contributed by atoms with Gasteiger partial charge in [-0.2, -0.15) is 0 Å². The molecule has 100 valence electrons. The third kappa shape index (κ3) is 2.62. The average Bonchev–Trinajstić information content (AvgIpc) is 2.76. The van der Waals surface area contributed by atoms with Crippen molar-refractivity contribution in [2.45, 2.75) is 19.4 Å². The number of nitrogens with zero attached hydrogens (tertiary/aromatic N) is 1. The lowest BCUT2D eigenvalue weighted by atomic mass is 10.2. The summed E-state index contributed by atoms with van der Waals surface area (Å²) in [5.41, 5.74) is 1.09. The molecule has 0 saturated heterocycles. The molecule has 0 amide bonds. The van der Waals surface area contributed by atoms with Crippen molar-refractivity contribution in [3.05, 3.63) is 35.0 Å². The van der Waals surface area contributed by atoms with Crippen LogP contribution >= 0.6 is 11.6 Å². The number of aliphatic carboxylic acids is 1. The van der Waals surface area contributed by atoms with Gasteiger partial charge in [-0.05, 0) is 6.07 Å². The van der Waals surface area contributed by atoms with Gasteiger partial charge >= 0.3 is 5.97 Å². The van der Waals surface area contributed by atoms with Crippen LogP contribution < -0.4 is 0 Å². The number of hydrogen-bond acceptors (Lipinski definition) is 3. The second-order valence-corrected chi connectivity index (χ2v) is 4.51. The number of benzene rings is 1. The Balaban J connectivity index is 2.48. The Kier molecular flexibility index (Phi) is 3.87. The first-order valence-corrected chi connectivity index (χ1v) is 6.06. The molecule has 0 spiro atoms. The van der Waals surface area contributed by atoms with Crippen LogP contribution in [0.3, 0.4) is 0 Å². The van der Waals surface area contributed by atoms with E-state index in [1.54, 1.807) is 18.2 Å². The summed E-state index contributed by atoms with van der Waals surface area (Å²) in [4.78, 5) is 22.5. The molecule has 0 aliphatic heterocycles. The van der Waals surface area contributed by atoms with Crippen molar-refractivity contribution >= 4 is 34.4 Å². The van der Waals surface area contributed by atoms with Crippen LogP contribution in [0.1, 0.15) is 23.2 Å². The Morgan fingerprint density at radius 1 is 1.26 bits per heavy atom. The van der Waals surface area contributed by atoms with E-state index in [2.05, 4.69) is 0 Å². The molecule has 2 aromatic rings. The zero-order chi connectivity index (χ0) is 14.0. The van der Waals surface area contributed by atoms with Gasteiger partial charge in [-0.1, -0.05) is 23.7 Å². The summed E-state index contributed by atoms with van der Waals surface area (Å²) in [6.45, 7) is -0.212. The molecule has 19 heavy (non-hydrogen) atoms. The lowest BCUT2D eigenvalue weighted by Gasteiger charge is -2.04. The Labute approximate surface area is 114 Å². The molecule has 6 heteroatoms. The fourth-order valence-electron chi connectivity index (χ4n) is 1.97. The van der Waals surface area contributed by atoms with Crippen LogP contribution in [0.5, 0.6) is 0 Å². The van der Waals surface area contributed by atoms with E-state index in [0.717, 1.165) is 0 Å². The number of rotatable bonds is 4. The monoisotopic (exact) mass is 281 g/mol. The maximum absolute atomic E-state index is 12.0. The third-order valence-electron chi connectivity index (χ3n) is 2.85. The van der Waals surface area contributed by atoms with Crippen LogP contribution in [-0.2, 0) is 11.4 Å². The SMILES string of the molecule is O=C(O)CCC(=O)n1cc(CO)c2cccc(Cl)c21. The minimum absolute atomic E-state index is 0.116. The highest BCUT2D eigenvalue weighted by molar-refractivity contribution is 6.35. The van der Waals surface area contributed by atoms with Crippen LogP contribution in [0.25, 0.3) is 10.9 Å². The second kappa shape index (κ2) is 5.42. The van der Waals surface area contributed by atoms with Crippen LogP contribution in [0.2, 0.25) is 5.02 Å². The molecule has 0 aliphatic rings. The normalized spacial score (nSPS) is 10.8. The number of fused-ring (bicyclic) bond motifs is 1. The van der Waals surface area contributed by atoms with Crippen LogP contribution in [0.4, 0.5) is 0 Å². The number of aliphatic hydroxyl groups is 1. The first-order valence-electron chi connectivity index (χ1n) is 5.69. The fraction of sp³-hybridized carbons (Fsp3) is 0.231. The summed E-state index contributed by atoms with van der Waals surface area (Å²) in [5, 5.41) is 19.0. The minimum Gasteiger partial charge on any atom is -0.481 e. The molecule has 5 nitrogen and oxygen atoms in total. The van der Waals surface area contributed by atoms with Crippen LogP contribution in [0, 0.1) is 0 Å². The van der Waals surface area contributed by atoms with Crippen molar-refractivity contribution in [1.82, 2.24) is 4.57 Å². The quantitative estimate of drug-likeness (QED) is 0.901. The summed E-state index contributed by atoms with van der Waals surface area (Å²) >= 11 is 6.07. The highest BCUT2D eigenvalue weighted by Gasteiger charge is 2.16. The van der Waals surface area contributed by atoms with Gasteiger partial charge in [0.1, 0.15) is 0 Å². The van der Waals surface area contributed by atoms with Gasteiger partial charge in [0.05, 0.1) is 23.6 Å². The van der Waals surface area contributed by atoms with Crippen LogP contribution in [-0.4, -0.2) is 26.7 Å². The van der Waals surface area contributed by atoms with Gasteiger partial charge in [-0.15, -0.1) is 0 Å². The van der Waals surface area contributed by atoms with Crippen molar-refractivity contribution in [3.63, 3.8) is 0 Å². The molecule has 0 radical (unpaired) electrons. The first-order chi connectivity index (χ1) is 9.04. The van der Waals surface area contributed by atoms with Crippen molar-refractivity contribution in [2.24, 2.45) is 0 Å². The lowest BCUT2D eigenvalue weighted by Crippen LogP contribution is -2.11. The molecule has 0 aliphatic carbocycles. The maximum Gasteiger partial charge on any atom is 0.303 e. The van der Waals surface area contributed by atoms with E-state index in [4.69, 9.17) is 16.7 Å².